The second kappa shape index (κ2) is 6.56. The number of rotatable bonds is 4. The van der Waals surface area contributed by atoms with E-state index < -0.39 is 0 Å². The number of carbonyl (C=O) groups is 1. The van der Waals surface area contributed by atoms with Gasteiger partial charge in [0.2, 0.25) is 0 Å². The Morgan fingerprint density at radius 2 is 1.74 bits per heavy atom. The summed E-state index contributed by atoms with van der Waals surface area (Å²) in [6.07, 6.45) is 0. The molecule has 0 aliphatic heterocycles. The quantitative estimate of drug-likeness (QED) is 0.825. The van der Waals surface area contributed by atoms with Gasteiger partial charge in [0.1, 0.15) is 0 Å². The largest absolute Gasteiger partial charge is 0.343 e. The third kappa shape index (κ3) is 4.12. The highest BCUT2D eigenvalue weighted by Gasteiger charge is 2.03. The first-order chi connectivity index (χ1) is 9.25. The molecule has 0 aliphatic carbocycles. The standard InChI is InChI=1S/C15H16N2O2/c1-12-7-5-6-10-14(12)16-15(18)17-19-11-13-8-3-2-4-9-13/h2-10H,11H2,1H3,(H2,16,17,18). The molecule has 4 nitrogen and oxygen atoms in total. The fourth-order valence-corrected chi connectivity index (χ4v) is 1.62. The first kappa shape index (κ1) is 13.1. The van der Waals surface area contributed by atoms with Crippen LogP contribution in [-0.4, -0.2) is 6.03 Å². The lowest BCUT2D eigenvalue weighted by Gasteiger charge is -2.09. The Morgan fingerprint density at radius 3 is 2.47 bits per heavy atom. The van der Waals surface area contributed by atoms with Gasteiger partial charge in [0.05, 0.1) is 6.61 Å². The third-order valence-electron chi connectivity index (χ3n) is 2.64. The fourth-order valence-electron chi connectivity index (χ4n) is 1.62. The number of hydrogen-bond donors (Lipinski definition) is 2. The van der Waals surface area contributed by atoms with Crippen molar-refractivity contribution in [3.63, 3.8) is 0 Å². The van der Waals surface area contributed by atoms with Gasteiger partial charge in [-0.1, -0.05) is 48.5 Å². The molecule has 2 aromatic carbocycles. The number of hydrogen-bond acceptors (Lipinski definition) is 2. The van der Waals surface area contributed by atoms with Crippen LogP contribution >= 0.6 is 0 Å². The van der Waals surface area contributed by atoms with E-state index in [-0.39, 0.29) is 6.03 Å². The molecule has 2 N–H and O–H groups in total. The molecule has 19 heavy (non-hydrogen) atoms. The lowest BCUT2D eigenvalue weighted by atomic mass is 10.2. The monoisotopic (exact) mass is 256 g/mol. The van der Waals surface area contributed by atoms with Crippen LogP contribution in [0.5, 0.6) is 0 Å². The minimum Gasteiger partial charge on any atom is -0.306 e. The number of amides is 2. The summed E-state index contributed by atoms with van der Waals surface area (Å²) < 4.78 is 0. The molecule has 0 aromatic heterocycles. The summed E-state index contributed by atoms with van der Waals surface area (Å²) in [6, 6.07) is 16.8. The summed E-state index contributed by atoms with van der Waals surface area (Å²) in [4.78, 5) is 16.7. The van der Waals surface area contributed by atoms with E-state index in [9.17, 15) is 4.79 Å². The SMILES string of the molecule is Cc1ccccc1NC(=O)NOCc1ccccc1. The second-order valence-corrected chi connectivity index (χ2v) is 4.15. The summed E-state index contributed by atoms with van der Waals surface area (Å²) in [5.74, 6) is 0. The molecule has 2 rings (SSSR count). The summed E-state index contributed by atoms with van der Waals surface area (Å²) in [7, 11) is 0. The Labute approximate surface area is 112 Å². The van der Waals surface area contributed by atoms with E-state index in [0.717, 1.165) is 16.8 Å². The topological polar surface area (TPSA) is 50.4 Å². The minimum absolute atomic E-state index is 0.335. The summed E-state index contributed by atoms with van der Waals surface area (Å²) >= 11 is 0. The van der Waals surface area contributed by atoms with Gasteiger partial charge in [-0.3, -0.25) is 4.84 Å². The maximum atomic E-state index is 11.6. The molecular formula is C15H16N2O2. The summed E-state index contributed by atoms with van der Waals surface area (Å²) in [5, 5.41) is 2.72. The van der Waals surface area contributed by atoms with Crippen molar-refractivity contribution in [1.29, 1.82) is 0 Å². The molecule has 0 spiro atoms. The van der Waals surface area contributed by atoms with Gasteiger partial charge in [0.25, 0.3) is 0 Å². The minimum atomic E-state index is -0.384. The molecule has 0 saturated carbocycles. The second-order valence-electron chi connectivity index (χ2n) is 4.15. The zero-order valence-electron chi connectivity index (χ0n) is 10.7. The predicted octanol–water partition coefficient (Wildman–Crippen LogP) is 3.25. The van der Waals surface area contributed by atoms with E-state index in [1.54, 1.807) is 0 Å². The maximum Gasteiger partial charge on any atom is 0.343 e. The van der Waals surface area contributed by atoms with Crippen LogP contribution in [0.25, 0.3) is 0 Å². The molecule has 98 valence electrons. The van der Waals surface area contributed by atoms with E-state index in [4.69, 9.17) is 4.84 Å². The van der Waals surface area contributed by atoms with Crippen molar-refractivity contribution < 1.29 is 9.63 Å². The average Bonchev–Trinajstić information content (AvgIpc) is 2.43. The smallest absolute Gasteiger partial charge is 0.306 e. The number of anilines is 1. The normalized spacial score (nSPS) is 9.95. The Hall–Kier alpha value is -2.33. The third-order valence-corrected chi connectivity index (χ3v) is 2.64. The van der Waals surface area contributed by atoms with E-state index in [0.29, 0.717) is 6.61 Å². The molecule has 0 bridgehead atoms. The number of carbonyl (C=O) groups excluding carboxylic acids is 1. The van der Waals surface area contributed by atoms with E-state index in [2.05, 4.69) is 10.8 Å². The summed E-state index contributed by atoms with van der Waals surface area (Å²) in [6.45, 7) is 2.27. The molecule has 0 heterocycles. The summed E-state index contributed by atoms with van der Waals surface area (Å²) in [5.41, 5.74) is 5.12. The lowest BCUT2D eigenvalue weighted by Crippen LogP contribution is -2.29. The van der Waals surface area contributed by atoms with Crippen molar-refractivity contribution in [2.24, 2.45) is 0 Å². The van der Waals surface area contributed by atoms with Crippen LogP contribution in [0.3, 0.4) is 0 Å². The zero-order chi connectivity index (χ0) is 13.5. The van der Waals surface area contributed by atoms with Crippen LogP contribution < -0.4 is 10.8 Å². The highest BCUT2D eigenvalue weighted by Crippen LogP contribution is 2.12. The van der Waals surface area contributed by atoms with E-state index in [1.165, 1.54) is 0 Å². The molecule has 4 heteroatoms. The molecule has 0 fully saturated rings. The van der Waals surface area contributed by atoms with E-state index in [1.807, 2.05) is 61.5 Å². The lowest BCUT2D eigenvalue weighted by molar-refractivity contribution is 0.0536. The molecule has 0 unspecified atom stereocenters. The van der Waals surface area contributed by atoms with Crippen molar-refractivity contribution in [3.8, 4) is 0 Å². The van der Waals surface area contributed by atoms with Crippen LogP contribution in [0.15, 0.2) is 54.6 Å². The van der Waals surface area contributed by atoms with Gasteiger partial charge < -0.3 is 5.32 Å². The van der Waals surface area contributed by atoms with Gasteiger partial charge in [0.15, 0.2) is 0 Å². The van der Waals surface area contributed by atoms with Gasteiger partial charge in [0, 0.05) is 5.69 Å². The molecule has 0 aliphatic rings. The first-order valence-electron chi connectivity index (χ1n) is 6.04. The number of benzene rings is 2. The van der Waals surface area contributed by atoms with Gasteiger partial charge in [-0.15, -0.1) is 0 Å². The number of para-hydroxylation sites is 1. The molecule has 0 radical (unpaired) electrons. The van der Waals surface area contributed by atoms with Crippen LogP contribution in [-0.2, 0) is 11.4 Å². The van der Waals surface area contributed by atoms with Crippen LogP contribution in [0.2, 0.25) is 0 Å². The van der Waals surface area contributed by atoms with Crippen molar-refractivity contribution >= 4 is 11.7 Å². The highest BCUT2D eigenvalue weighted by atomic mass is 16.7. The van der Waals surface area contributed by atoms with Crippen molar-refractivity contribution in [3.05, 3.63) is 65.7 Å². The zero-order valence-corrected chi connectivity index (χ0v) is 10.7. The molecule has 0 atom stereocenters. The Kier molecular flexibility index (Phi) is 4.53. The number of urea groups is 1. The average molecular weight is 256 g/mol. The Bertz CT molecular complexity index is 541. The van der Waals surface area contributed by atoms with Gasteiger partial charge in [-0.25, -0.2) is 10.3 Å². The number of aryl methyl sites for hydroxylation is 1. The maximum absolute atomic E-state index is 11.6. The first-order valence-corrected chi connectivity index (χ1v) is 6.04. The van der Waals surface area contributed by atoms with Gasteiger partial charge in [-0.2, -0.15) is 0 Å². The molecule has 2 aromatic rings. The predicted molar refractivity (Wildman–Crippen MR) is 74.6 cm³/mol. The van der Waals surface area contributed by atoms with Crippen molar-refractivity contribution in [2.75, 3.05) is 5.32 Å². The highest BCUT2D eigenvalue weighted by molar-refractivity contribution is 5.89. The van der Waals surface area contributed by atoms with Gasteiger partial charge in [-0.05, 0) is 24.1 Å². The van der Waals surface area contributed by atoms with E-state index >= 15 is 0 Å². The number of nitrogens with one attached hydrogen (secondary N) is 2. The van der Waals surface area contributed by atoms with Crippen molar-refractivity contribution in [2.45, 2.75) is 13.5 Å². The number of hydroxylamine groups is 1. The van der Waals surface area contributed by atoms with Crippen LogP contribution in [0.1, 0.15) is 11.1 Å². The van der Waals surface area contributed by atoms with Crippen LogP contribution in [0, 0.1) is 6.92 Å². The Balaban J connectivity index is 1.78. The molecular weight excluding hydrogens is 240 g/mol. The fraction of sp³-hybridized carbons (Fsp3) is 0.133. The van der Waals surface area contributed by atoms with Gasteiger partial charge >= 0.3 is 6.03 Å². The van der Waals surface area contributed by atoms with Crippen molar-refractivity contribution in [1.82, 2.24) is 5.48 Å². The molecule has 0 saturated heterocycles. The van der Waals surface area contributed by atoms with Crippen LogP contribution in [0.4, 0.5) is 10.5 Å². The molecule has 2 amide bonds. The Morgan fingerprint density at radius 1 is 1.05 bits per heavy atom.